The van der Waals surface area contributed by atoms with E-state index >= 15 is 0 Å². The molecule has 0 N–H and O–H groups in total. The lowest BCUT2D eigenvalue weighted by molar-refractivity contribution is -0.136. The lowest BCUT2D eigenvalue weighted by Gasteiger charge is -2.59. The predicted octanol–water partition coefficient (Wildman–Crippen LogP) is 6.47. The average Bonchev–Trinajstić information content (AvgIpc) is 3.23. The second-order valence-electron chi connectivity index (χ2n) is 11.4. The summed E-state index contributed by atoms with van der Waals surface area (Å²) in [4.78, 5) is 12.7. The molecule has 0 spiro atoms. The summed E-state index contributed by atoms with van der Waals surface area (Å²) in [5, 5.41) is 5.11. The van der Waals surface area contributed by atoms with Crippen molar-refractivity contribution in [2.24, 2.45) is 34.5 Å². The van der Waals surface area contributed by atoms with Gasteiger partial charge in [0.05, 0.1) is 11.4 Å². The van der Waals surface area contributed by atoms with Crippen molar-refractivity contribution in [3.63, 3.8) is 0 Å². The first-order chi connectivity index (χ1) is 14.8. The molecule has 0 amide bonds. The van der Waals surface area contributed by atoms with Crippen LogP contribution in [0.3, 0.4) is 0 Å². The first kappa shape index (κ1) is 20.2. The number of benzene rings is 1. The van der Waals surface area contributed by atoms with Gasteiger partial charge in [0, 0.05) is 22.0 Å². The number of hydrogen-bond donors (Lipinski definition) is 0. The van der Waals surface area contributed by atoms with E-state index in [1.165, 1.54) is 36.2 Å². The van der Waals surface area contributed by atoms with Crippen LogP contribution < -0.4 is 0 Å². The molecule has 1 heterocycles. The summed E-state index contributed by atoms with van der Waals surface area (Å²) in [5.41, 5.74) is 5.62. The van der Waals surface area contributed by atoms with Crippen molar-refractivity contribution in [1.82, 2.24) is 9.78 Å². The highest BCUT2D eigenvalue weighted by Gasteiger charge is 2.60. The number of ketones is 1. The molecule has 1 aromatic carbocycles. The Morgan fingerprint density at radius 3 is 2.61 bits per heavy atom. The van der Waals surface area contributed by atoms with Gasteiger partial charge in [-0.15, -0.1) is 0 Å². The maximum atomic E-state index is 12.7. The molecular formula is C27H33BrN2O. The second-order valence-corrected chi connectivity index (χ2v) is 12.3. The quantitative estimate of drug-likeness (QED) is 0.468. The SMILES string of the molecule is Cc1c2c(nn1-c1ccc(Br)cc1)C[C@@H]1CC[C@@H]3[C@H](CC[C@]4(C)C(=O)CC[C@@H]34)[C@@]1(C)C2. The van der Waals surface area contributed by atoms with Crippen LogP contribution in [0.15, 0.2) is 28.7 Å². The molecule has 2 aromatic rings. The van der Waals surface area contributed by atoms with Crippen molar-refractivity contribution < 1.29 is 4.79 Å². The third-order valence-electron chi connectivity index (χ3n) is 10.2. The van der Waals surface area contributed by atoms with Crippen molar-refractivity contribution >= 4 is 21.7 Å². The standard InChI is InChI=1S/C27H33BrN2O/c1-16-21-15-27(3)17(14-24(21)29-30(16)19-7-5-18(28)6-8-19)4-9-20-22-10-11-25(31)26(22,2)13-12-23(20)27/h5-8,17,20,22-23H,4,9-15H2,1-3H3/t17-,20-,22-,23-,26-,27-/m0/s1. The van der Waals surface area contributed by atoms with E-state index in [1.54, 1.807) is 0 Å². The molecule has 0 saturated heterocycles. The molecule has 4 heteroatoms. The van der Waals surface area contributed by atoms with Crippen molar-refractivity contribution in [3.8, 4) is 5.69 Å². The maximum absolute atomic E-state index is 12.7. The zero-order valence-electron chi connectivity index (χ0n) is 19.0. The van der Waals surface area contributed by atoms with E-state index in [-0.39, 0.29) is 5.41 Å². The summed E-state index contributed by atoms with van der Waals surface area (Å²) in [7, 11) is 0. The van der Waals surface area contributed by atoms with E-state index < -0.39 is 0 Å². The third kappa shape index (κ3) is 2.76. The van der Waals surface area contributed by atoms with Crippen molar-refractivity contribution in [3.05, 3.63) is 45.7 Å². The molecule has 1 aromatic heterocycles. The Morgan fingerprint density at radius 2 is 1.84 bits per heavy atom. The summed E-state index contributed by atoms with van der Waals surface area (Å²) in [6, 6.07) is 8.50. The number of Topliss-reactive ketones (excluding diaryl/α,β-unsaturated/α-hetero) is 1. The molecular weight excluding hydrogens is 448 g/mol. The maximum Gasteiger partial charge on any atom is 0.139 e. The summed E-state index contributed by atoms with van der Waals surface area (Å²) in [6.07, 6.45) is 9.24. The number of hydrogen-bond acceptors (Lipinski definition) is 2. The van der Waals surface area contributed by atoms with Crippen molar-refractivity contribution in [1.29, 1.82) is 0 Å². The highest BCUT2D eigenvalue weighted by atomic mass is 79.9. The largest absolute Gasteiger partial charge is 0.299 e. The monoisotopic (exact) mass is 480 g/mol. The van der Waals surface area contributed by atoms with Crippen LogP contribution >= 0.6 is 15.9 Å². The van der Waals surface area contributed by atoms with Crippen LogP contribution in [0.5, 0.6) is 0 Å². The van der Waals surface area contributed by atoms with Crippen LogP contribution in [-0.4, -0.2) is 15.6 Å². The summed E-state index contributed by atoms with van der Waals surface area (Å²) < 4.78 is 3.27. The topological polar surface area (TPSA) is 34.9 Å². The van der Waals surface area contributed by atoms with Gasteiger partial charge < -0.3 is 0 Å². The fourth-order valence-electron chi connectivity index (χ4n) is 8.35. The van der Waals surface area contributed by atoms with Gasteiger partial charge in [-0.2, -0.15) is 5.10 Å². The van der Waals surface area contributed by atoms with Crippen molar-refractivity contribution in [2.75, 3.05) is 0 Å². The zero-order chi connectivity index (χ0) is 21.5. The highest BCUT2D eigenvalue weighted by Crippen LogP contribution is 2.64. The van der Waals surface area contributed by atoms with Gasteiger partial charge in [-0.1, -0.05) is 29.8 Å². The lowest BCUT2D eigenvalue weighted by Crippen LogP contribution is -2.54. The van der Waals surface area contributed by atoms with Gasteiger partial charge in [0.2, 0.25) is 0 Å². The summed E-state index contributed by atoms with van der Waals surface area (Å²) in [5.74, 6) is 3.43. The number of fused-ring (bicyclic) bond motifs is 6. The Labute approximate surface area is 194 Å². The van der Waals surface area contributed by atoms with Gasteiger partial charge >= 0.3 is 0 Å². The van der Waals surface area contributed by atoms with Crippen LogP contribution in [0.2, 0.25) is 0 Å². The molecule has 6 atom stereocenters. The van der Waals surface area contributed by atoms with Crippen LogP contribution in [0.1, 0.15) is 69.3 Å². The van der Waals surface area contributed by atoms with E-state index in [0.29, 0.717) is 17.1 Å². The summed E-state index contributed by atoms with van der Waals surface area (Å²) >= 11 is 3.55. The van der Waals surface area contributed by atoms with Gasteiger partial charge in [-0.25, -0.2) is 4.68 Å². The molecule has 4 aliphatic carbocycles. The zero-order valence-corrected chi connectivity index (χ0v) is 20.5. The Morgan fingerprint density at radius 1 is 1.06 bits per heavy atom. The number of carbonyl (C=O) groups excluding carboxylic acids is 1. The molecule has 3 nitrogen and oxygen atoms in total. The minimum Gasteiger partial charge on any atom is -0.299 e. The van der Waals surface area contributed by atoms with Crippen molar-refractivity contribution in [2.45, 2.75) is 72.1 Å². The van der Waals surface area contributed by atoms with Crippen LogP contribution in [0.4, 0.5) is 0 Å². The first-order valence-corrected chi connectivity index (χ1v) is 13.0. The van der Waals surface area contributed by atoms with E-state index in [0.717, 1.165) is 60.0 Å². The molecule has 6 rings (SSSR count). The smallest absolute Gasteiger partial charge is 0.139 e. The normalized spacial score (nSPS) is 38.9. The Balaban J connectivity index is 1.36. The number of rotatable bonds is 1. The Kier molecular flexibility index (Phi) is 4.43. The fraction of sp³-hybridized carbons (Fsp3) is 0.630. The van der Waals surface area contributed by atoms with E-state index in [2.05, 4.69) is 65.6 Å². The van der Waals surface area contributed by atoms with Gasteiger partial charge in [0.25, 0.3) is 0 Å². The first-order valence-electron chi connectivity index (χ1n) is 12.2. The number of aromatic nitrogens is 2. The molecule has 0 unspecified atom stereocenters. The second kappa shape index (κ2) is 6.79. The molecule has 0 aliphatic heterocycles. The van der Waals surface area contributed by atoms with Crippen LogP contribution in [0.25, 0.3) is 5.69 Å². The molecule has 0 bridgehead atoms. The minimum atomic E-state index is -0.0213. The predicted molar refractivity (Wildman–Crippen MR) is 126 cm³/mol. The average molecular weight is 481 g/mol. The van der Waals surface area contributed by atoms with Gasteiger partial charge in [0.1, 0.15) is 5.78 Å². The molecule has 3 fully saturated rings. The fourth-order valence-corrected chi connectivity index (χ4v) is 8.62. The van der Waals surface area contributed by atoms with Gasteiger partial charge in [-0.05, 0) is 111 Å². The summed E-state index contributed by atoms with van der Waals surface area (Å²) in [6.45, 7) is 7.14. The highest BCUT2D eigenvalue weighted by molar-refractivity contribution is 9.10. The lowest BCUT2D eigenvalue weighted by atomic mass is 9.45. The van der Waals surface area contributed by atoms with E-state index in [1.807, 2.05) is 0 Å². The van der Waals surface area contributed by atoms with E-state index in [9.17, 15) is 4.79 Å². The molecule has 0 radical (unpaired) electrons. The molecule has 4 aliphatic rings. The molecule has 31 heavy (non-hydrogen) atoms. The Bertz CT molecular complexity index is 1060. The number of halogens is 1. The molecule has 3 saturated carbocycles. The van der Waals surface area contributed by atoms with Crippen LogP contribution in [0, 0.1) is 41.4 Å². The Hall–Kier alpha value is -1.42. The third-order valence-corrected chi connectivity index (χ3v) is 10.7. The minimum absolute atomic E-state index is 0.0213. The van der Waals surface area contributed by atoms with Crippen LogP contribution in [-0.2, 0) is 17.6 Å². The van der Waals surface area contributed by atoms with Gasteiger partial charge in [-0.3, -0.25) is 4.79 Å². The van der Waals surface area contributed by atoms with Gasteiger partial charge in [0.15, 0.2) is 0 Å². The molecule has 164 valence electrons. The number of nitrogens with zero attached hydrogens (tertiary/aromatic N) is 2. The van der Waals surface area contributed by atoms with E-state index in [4.69, 9.17) is 5.10 Å². The number of carbonyl (C=O) groups is 1.